The molecule has 0 aliphatic carbocycles. The van der Waals surface area contributed by atoms with Crippen LogP contribution in [0.15, 0.2) is 11.8 Å². The van der Waals surface area contributed by atoms with Crippen LogP contribution in [0.2, 0.25) is 0 Å². The van der Waals surface area contributed by atoms with Crippen LogP contribution < -0.4 is 11.1 Å². The van der Waals surface area contributed by atoms with E-state index in [2.05, 4.69) is 5.32 Å². The third-order valence-electron chi connectivity index (χ3n) is 1.72. The average molecular weight is 200 g/mol. The van der Waals surface area contributed by atoms with Gasteiger partial charge in [-0.2, -0.15) is 0 Å². The molecule has 0 bridgehead atoms. The minimum Gasteiger partial charge on any atom is -0.351 e. The number of thioether (sulfide) groups is 1. The predicted octanol–water partition coefficient (Wildman–Crippen LogP) is 0.982. The lowest BCUT2D eigenvalue weighted by Gasteiger charge is -2.00. The van der Waals surface area contributed by atoms with Crippen LogP contribution in [0.5, 0.6) is 0 Å². The molecule has 72 valence electrons. The van der Waals surface area contributed by atoms with E-state index in [0.717, 1.165) is 25.0 Å². The maximum atomic E-state index is 11.3. The Morgan fingerprint density at radius 2 is 2.31 bits per heavy atom. The Kier molecular flexibility index (Phi) is 3.82. The fraction of sp³-hybridized carbons (Fsp3) is 0.500. The average Bonchev–Trinajstić information content (AvgIpc) is 2.27. The SMILES string of the molecule is NC(=O)N/C=C1/CCCCSC1=O. The summed E-state index contributed by atoms with van der Waals surface area (Å²) < 4.78 is 0. The minimum atomic E-state index is -0.630. The van der Waals surface area contributed by atoms with Crippen molar-refractivity contribution >= 4 is 22.9 Å². The highest BCUT2D eigenvalue weighted by Crippen LogP contribution is 2.22. The van der Waals surface area contributed by atoms with Crippen molar-refractivity contribution in [1.29, 1.82) is 0 Å². The van der Waals surface area contributed by atoms with Crippen molar-refractivity contribution < 1.29 is 9.59 Å². The summed E-state index contributed by atoms with van der Waals surface area (Å²) in [6.45, 7) is 0. The molecule has 1 saturated heterocycles. The number of hydrogen-bond acceptors (Lipinski definition) is 3. The van der Waals surface area contributed by atoms with E-state index in [-0.39, 0.29) is 5.12 Å². The van der Waals surface area contributed by atoms with Crippen LogP contribution in [0.25, 0.3) is 0 Å². The van der Waals surface area contributed by atoms with Gasteiger partial charge in [0.1, 0.15) is 0 Å². The first-order valence-electron chi connectivity index (χ1n) is 4.12. The molecule has 2 amide bonds. The van der Waals surface area contributed by atoms with Crippen molar-refractivity contribution in [3.05, 3.63) is 11.8 Å². The molecule has 0 aromatic carbocycles. The number of nitrogens with two attached hydrogens (primary N) is 1. The molecule has 0 aromatic heterocycles. The molecule has 0 aromatic rings. The van der Waals surface area contributed by atoms with Gasteiger partial charge in [0.15, 0.2) is 0 Å². The monoisotopic (exact) mass is 200 g/mol. The van der Waals surface area contributed by atoms with Gasteiger partial charge in [-0.1, -0.05) is 11.8 Å². The molecule has 0 unspecified atom stereocenters. The Balaban J connectivity index is 2.58. The Labute approximate surface area is 80.9 Å². The number of primary amides is 1. The van der Waals surface area contributed by atoms with E-state index in [4.69, 9.17) is 5.73 Å². The zero-order chi connectivity index (χ0) is 9.68. The first-order valence-corrected chi connectivity index (χ1v) is 5.11. The van der Waals surface area contributed by atoms with E-state index in [1.165, 1.54) is 18.0 Å². The number of urea groups is 1. The van der Waals surface area contributed by atoms with Gasteiger partial charge in [0, 0.05) is 17.5 Å². The molecule has 1 heterocycles. The summed E-state index contributed by atoms with van der Waals surface area (Å²) in [4.78, 5) is 21.7. The van der Waals surface area contributed by atoms with Crippen LogP contribution in [0.3, 0.4) is 0 Å². The fourth-order valence-corrected chi connectivity index (χ4v) is 1.95. The second-order valence-corrected chi connectivity index (χ2v) is 3.84. The lowest BCUT2D eigenvalue weighted by molar-refractivity contribution is -0.108. The molecule has 4 nitrogen and oxygen atoms in total. The van der Waals surface area contributed by atoms with Crippen molar-refractivity contribution in [3.63, 3.8) is 0 Å². The number of nitrogens with one attached hydrogen (secondary N) is 1. The van der Waals surface area contributed by atoms with E-state index in [1.54, 1.807) is 0 Å². The lowest BCUT2D eigenvalue weighted by Crippen LogP contribution is -2.25. The van der Waals surface area contributed by atoms with Crippen LogP contribution in [0.1, 0.15) is 19.3 Å². The number of carbonyl (C=O) groups excluding carboxylic acids is 2. The number of amides is 2. The molecule has 0 radical (unpaired) electrons. The van der Waals surface area contributed by atoms with Gasteiger partial charge in [0.05, 0.1) is 0 Å². The van der Waals surface area contributed by atoms with Crippen LogP contribution >= 0.6 is 11.8 Å². The van der Waals surface area contributed by atoms with Crippen molar-refractivity contribution in [2.24, 2.45) is 5.73 Å². The largest absolute Gasteiger partial charge is 0.351 e. The highest BCUT2D eigenvalue weighted by molar-refractivity contribution is 8.14. The summed E-state index contributed by atoms with van der Waals surface area (Å²) in [5, 5.41) is 2.36. The van der Waals surface area contributed by atoms with E-state index in [0.29, 0.717) is 5.57 Å². The molecule has 13 heavy (non-hydrogen) atoms. The second-order valence-electron chi connectivity index (χ2n) is 2.77. The third-order valence-corrected chi connectivity index (χ3v) is 2.74. The number of rotatable bonds is 1. The highest BCUT2D eigenvalue weighted by Gasteiger charge is 2.13. The molecule has 1 aliphatic heterocycles. The Morgan fingerprint density at radius 3 is 3.00 bits per heavy atom. The van der Waals surface area contributed by atoms with Crippen molar-refractivity contribution in [1.82, 2.24) is 5.32 Å². The van der Waals surface area contributed by atoms with Gasteiger partial charge in [0.25, 0.3) is 0 Å². The zero-order valence-electron chi connectivity index (χ0n) is 7.21. The van der Waals surface area contributed by atoms with Crippen molar-refractivity contribution in [2.75, 3.05) is 5.75 Å². The van der Waals surface area contributed by atoms with Gasteiger partial charge in [-0.25, -0.2) is 4.79 Å². The number of carbonyl (C=O) groups is 2. The molecule has 1 aliphatic rings. The first-order chi connectivity index (χ1) is 6.20. The Morgan fingerprint density at radius 1 is 1.54 bits per heavy atom. The zero-order valence-corrected chi connectivity index (χ0v) is 8.02. The normalized spacial score (nSPS) is 21.2. The molecule has 0 atom stereocenters. The number of hydrogen-bond donors (Lipinski definition) is 2. The summed E-state index contributed by atoms with van der Waals surface area (Å²) in [6.07, 6.45) is 4.18. The molecular weight excluding hydrogens is 188 g/mol. The van der Waals surface area contributed by atoms with Crippen LogP contribution in [0, 0.1) is 0 Å². The topological polar surface area (TPSA) is 72.2 Å². The molecule has 1 fully saturated rings. The molecule has 3 N–H and O–H groups in total. The van der Waals surface area contributed by atoms with Gasteiger partial charge < -0.3 is 11.1 Å². The maximum absolute atomic E-state index is 11.3. The summed E-state index contributed by atoms with van der Waals surface area (Å²) in [7, 11) is 0. The molecular formula is C8H12N2O2S. The van der Waals surface area contributed by atoms with Crippen LogP contribution in [-0.4, -0.2) is 16.9 Å². The first kappa shape index (κ1) is 10.1. The van der Waals surface area contributed by atoms with Crippen LogP contribution in [-0.2, 0) is 4.79 Å². The van der Waals surface area contributed by atoms with Gasteiger partial charge in [-0.15, -0.1) is 0 Å². The second kappa shape index (κ2) is 4.91. The van der Waals surface area contributed by atoms with Gasteiger partial charge in [-0.05, 0) is 19.3 Å². The van der Waals surface area contributed by atoms with E-state index < -0.39 is 6.03 Å². The summed E-state index contributed by atoms with van der Waals surface area (Å²) in [5.41, 5.74) is 5.54. The molecule has 5 heteroatoms. The third kappa shape index (κ3) is 3.50. The molecule has 1 rings (SSSR count). The van der Waals surface area contributed by atoms with Crippen molar-refractivity contribution in [3.8, 4) is 0 Å². The smallest absolute Gasteiger partial charge is 0.316 e. The van der Waals surface area contributed by atoms with Crippen LogP contribution in [0.4, 0.5) is 4.79 Å². The molecule has 0 spiro atoms. The summed E-state index contributed by atoms with van der Waals surface area (Å²) in [5.74, 6) is 0.868. The molecule has 0 saturated carbocycles. The standard InChI is InChI=1S/C8H12N2O2S/c9-8(12)10-5-6-3-1-2-4-13-7(6)11/h5H,1-4H2,(H3,9,10,12)/b6-5-. The Bertz CT molecular complexity index is 251. The fourth-order valence-electron chi connectivity index (χ4n) is 1.07. The highest BCUT2D eigenvalue weighted by atomic mass is 32.2. The van der Waals surface area contributed by atoms with Crippen molar-refractivity contribution in [2.45, 2.75) is 19.3 Å². The van der Waals surface area contributed by atoms with Gasteiger partial charge in [-0.3, -0.25) is 4.79 Å². The van der Waals surface area contributed by atoms with Gasteiger partial charge in [0.2, 0.25) is 5.12 Å². The summed E-state index contributed by atoms with van der Waals surface area (Å²) >= 11 is 1.30. The Hall–Kier alpha value is -0.970. The van der Waals surface area contributed by atoms with E-state index >= 15 is 0 Å². The maximum Gasteiger partial charge on any atom is 0.316 e. The minimum absolute atomic E-state index is 0.0475. The van der Waals surface area contributed by atoms with E-state index in [1.807, 2.05) is 0 Å². The van der Waals surface area contributed by atoms with E-state index in [9.17, 15) is 9.59 Å². The quantitative estimate of drug-likeness (QED) is 0.620. The predicted molar refractivity (Wildman–Crippen MR) is 52.1 cm³/mol. The summed E-state index contributed by atoms with van der Waals surface area (Å²) in [6, 6.07) is -0.630. The van der Waals surface area contributed by atoms with Gasteiger partial charge >= 0.3 is 6.03 Å². The lowest BCUT2D eigenvalue weighted by atomic mass is 10.1.